The first kappa shape index (κ1) is 18.3. The molecule has 0 aliphatic heterocycles. The lowest BCUT2D eigenvalue weighted by Gasteiger charge is -2.14. The molecule has 4 nitrogen and oxygen atoms in total. The molecule has 0 amide bonds. The lowest BCUT2D eigenvalue weighted by molar-refractivity contribution is 0.863. The molecule has 3 aromatic carbocycles. The van der Waals surface area contributed by atoms with Crippen LogP contribution in [0.1, 0.15) is 5.56 Å². The Kier molecular flexibility index (Phi) is 6.52. The minimum absolute atomic E-state index is 0.555. The van der Waals surface area contributed by atoms with Crippen LogP contribution in [0.5, 0.6) is 0 Å². The molecule has 0 atom stereocenters. The van der Waals surface area contributed by atoms with Crippen molar-refractivity contribution in [2.75, 3.05) is 24.7 Å². The van der Waals surface area contributed by atoms with Crippen molar-refractivity contribution in [2.45, 2.75) is 11.4 Å². The number of nitrogens with zero attached hydrogens (tertiary/aromatic N) is 1. The summed E-state index contributed by atoms with van der Waals surface area (Å²) in [6, 6.07) is 22.9. The number of rotatable bonds is 6. The molecule has 0 heterocycles. The standard InChI is InChI=1S/C21H24N4S/c1-26-20-12-5-4-11-19(20)25-21(23-14-13-22)24-15-17-9-6-8-16-7-2-3-10-18(16)17/h2-12H,13-15,22H2,1H3,(H2,23,24,25). The molecule has 0 aliphatic carbocycles. The fourth-order valence-corrected chi connectivity index (χ4v) is 3.35. The summed E-state index contributed by atoms with van der Waals surface area (Å²) in [7, 11) is 0. The lowest BCUT2D eigenvalue weighted by Crippen LogP contribution is -2.34. The number of guanidine groups is 1. The summed E-state index contributed by atoms with van der Waals surface area (Å²) >= 11 is 1.71. The molecule has 0 spiro atoms. The van der Waals surface area contributed by atoms with Gasteiger partial charge in [-0.25, -0.2) is 4.99 Å². The molecule has 0 saturated carbocycles. The molecule has 0 aliphatic rings. The van der Waals surface area contributed by atoms with Crippen molar-refractivity contribution in [1.29, 1.82) is 0 Å². The van der Waals surface area contributed by atoms with Gasteiger partial charge in [-0.15, -0.1) is 11.8 Å². The Morgan fingerprint density at radius 3 is 2.62 bits per heavy atom. The highest BCUT2D eigenvalue weighted by atomic mass is 32.2. The van der Waals surface area contributed by atoms with Gasteiger partial charge in [-0.1, -0.05) is 54.6 Å². The first-order valence-electron chi connectivity index (χ1n) is 8.67. The normalized spacial score (nSPS) is 11.5. The average Bonchev–Trinajstić information content (AvgIpc) is 2.70. The first-order valence-corrected chi connectivity index (χ1v) is 9.89. The van der Waals surface area contributed by atoms with Gasteiger partial charge in [0.05, 0.1) is 12.2 Å². The second-order valence-electron chi connectivity index (χ2n) is 5.84. The van der Waals surface area contributed by atoms with E-state index in [9.17, 15) is 0 Å². The number of anilines is 1. The third-order valence-corrected chi connectivity index (χ3v) is 4.88. The quantitative estimate of drug-likeness (QED) is 0.350. The molecule has 134 valence electrons. The molecular weight excluding hydrogens is 340 g/mol. The number of nitrogens with one attached hydrogen (secondary N) is 2. The summed E-state index contributed by atoms with van der Waals surface area (Å²) in [5.41, 5.74) is 7.91. The zero-order chi connectivity index (χ0) is 18.2. The van der Waals surface area contributed by atoms with Crippen LogP contribution >= 0.6 is 11.8 Å². The van der Waals surface area contributed by atoms with Crippen LogP contribution in [-0.4, -0.2) is 25.3 Å². The maximum atomic E-state index is 5.66. The fraction of sp³-hybridized carbons (Fsp3) is 0.190. The minimum atomic E-state index is 0.555. The molecule has 0 saturated heterocycles. The molecule has 0 radical (unpaired) electrons. The Morgan fingerprint density at radius 1 is 1.00 bits per heavy atom. The predicted octanol–water partition coefficient (Wildman–Crippen LogP) is 4.08. The van der Waals surface area contributed by atoms with Crippen molar-refractivity contribution in [2.24, 2.45) is 10.7 Å². The van der Waals surface area contributed by atoms with Crippen molar-refractivity contribution >= 4 is 34.2 Å². The van der Waals surface area contributed by atoms with E-state index in [0.717, 1.165) is 11.6 Å². The smallest absolute Gasteiger partial charge is 0.196 e. The Hall–Kier alpha value is -2.50. The van der Waals surface area contributed by atoms with Crippen LogP contribution in [0.3, 0.4) is 0 Å². The zero-order valence-electron chi connectivity index (χ0n) is 14.9. The van der Waals surface area contributed by atoms with E-state index < -0.39 is 0 Å². The number of aliphatic imine (C=N–C) groups is 1. The van der Waals surface area contributed by atoms with Gasteiger partial charge in [0, 0.05) is 18.0 Å². The molecule has 3 rings (SSSR count). The number of fused-ring (bicyclic) bond motifs is 1. The Balaban J connectivity index is 1.84. The highest BCUT2D eigenvalue weighted by Gasteiger charge is 2.05. The predicted molar refractivity (Wildman–Crippen MR) is 114 cm³/mol. The second kappa shape index (κ2) is 9.27. The van der Waals surface area contributed by atoms with Crippen LogP contribution in [0.4, 0.5) is 5.69 Å². The molecule has 0 aromatic heterocycles. The third kappa shape index (κ3) is 4.56. The highest BCUT2D eigenvalue weighted by Crippen LogP contribution is 2.24. The highest BCUT2D eigenvalue weighted by molar-refractivity contribution is 7.98. The maximum Gasteiger partial charge on any atom is 0.196 e. The van der Waals surface area contributed by atoms with Gasteiger partial charge in [0.25, 0.3) is 0 Å². The summed E-state index contributed by atoms with van der Waals surface area (Å²) in [6.07, 6.45) is 2.07. The van der Waals surface area contributed by atoms with Crippen LogP contribution in [0, 0.1) is 0 Å². The molecule has 0 bridgehead atoms. The van der Waals surface area contributed by atoms with Crippen molar-refractivity contribution in [3.05, 3.63) is 72.3 Å². The molecule has 0 unspecified atom stereocenters. The third-order valence-electron chi connectivity index (χ3n) is 4.08. The van der Waals surface area contributed by atoms with E-state index >= 15 is 0 Å². The number of para-hydroxylation sites is 1. The molecule has 26 heavy (non-hydrogen) atoms. The van der Waals surface area contributed by atoms with Gasteiger partial charge >= 0.3 is 0 Å². The van der Waals surface area contributed by atoms with Crippen molar-refractivity contribution < 1.29 is 0 Å². The topological polar surface area (TPSA) is 62.4 Å². The zero-order valence-corrected chi connectivity index (χ0v) is 15.7. The van der Waals surface area contributed by atoms with Gasteiger partial charge in [0.2, 0.25) is 0 Å². The number of benzene rings is 3. The van der Waals surface area contributed by atoms with Crippen LogP contribution < -0.4 is 16.4 Å². The van der Waals surface area contributed by atoms with E-state index in [1.165, 1.54) is 21.2 Å². The van der Waals surface area contributed by atoms with E-state index in [4.69, 9.17) is 10.7 Å². The molecule has 0 fully saturated rings. The summed E-state index contributed by atoms with van der Waals surface area (Å²) in [5, 5.41) is 9.18. The van der Waals surface area contributed by atoms with E-state index in [0.29, 0.717) is 19.6 Å². The summed E-state index contributed by atoms with van der Waals surface area (Å²) in [6.45, 7) is 1.82. The van der Waals surface area contributed by atoms with Gasteiger partial charge in [0.1, 0.15) is 0 Å². The molecule has 4 N–H and O–H groups in total. The van der Waals surface area contributed by atoms with E-state index in [2.05, 4.69) is 71.5 Å². The lowest BCUT2D eigenvalue weighted by atomic mass is 10.1. The van der Waals surface area contributed by atoms with Gasteiger partial charge in [0.15, 0.2) is 5.96 Å². The van der Waals surface area contributed by atoms with Crippen LogP contribution in [0.15, 0.2) is 76.6 Å². The summed E-state index contributed by atoms with van der Waals surface area (Å²) in [4.78, 5) is 5.96. The van der Waals surface area contributed by atoms with Gasteiger partial charge < -0.3 is 16.4 Å². The maximum absolute atomic E-state index is 5.66. The molecule has 3 aromatic rings. The van der Waals surface area contributed by atoms with Crippen molar-refractivity contribution in [1.82, 2.24) is 5.32 Å². The number of hydrogen-bond donors (Lipinski definition) is 3. The van der Waals surface area contributed by atoms with Crippen molar-refractivity contribution in [3.63, 3.8) is 0 Å². The van der Waals surface area contributed by atoms with Crippen LogP contribution in [0.25, 0.3) is 10.8 Å². The minimum Gasteiger partial charge on any atom is -0.355 e. The SMILES string of the molecule is CSc1ccccc1NC(=NCc1cccc2ccccc12)NCCN. The van der Waals surface area contributed by atoms with Crippen LogP contribution in [-0.2, 0) is 6.54 Å². The van der Waals surface area contributed by atoms with Crippen LogP contribution in [0.2, 0.25) is 0 Å². The monoisotopic (exact) mass is 364 g/mol. The molecular formula is C21H24N4S. The Bertz CT molecular complexity index is 887. The van der Waals surface area contributed by atoms with Gasteiger partial charge in [-0.05, 0) is 34.7 Å². The van der Waals surface area contributed by atoms with Gasteiger partial charge in [-0.2, -0.15) is 0 Å². The van der Waals surface area contributed by atoms with E-state index in [1.807, 2.05) is 12.1 Å². The second-order valence-corrected chi connectivity index (χ2v) is 6.69. The Labute approximate surface area is 158 Å². The van der Waals surface area contributed by atoms with Gasteiger partial charge in [-0.3, -0.25) is 0 Å². The summed E-state index contributed by atoms with van der Waals surface area (Å²) in [5.74, 6) is 0.741. The largest absolute Gasteiger partial charge is 0.355 e. The first-order chi connectivity index (χ1) is 12.8. The number of thioether (sulfide) groups is 1. The Morgan fingerprint density at radius 2 is 1.77 bits per heavy atom. The fourth-order valence-electron chi connectivity index (χ4n) is 2.80. The van der Waals surface area contributed by atoms with E-state index in [-0.39, 0.29) is 0 Å². The molecule has 5 heteroatoms. The number of hydrogen-bond acceptors (Lipinski definition) is 3. The van der Waals surface area contributed by atoms with Crippen molar-refractivity contribution in [3.8, 4) is 0 Å². The summed E-state index contributed by atoms with van der Waals surface area (Å²) < 4.78 is 0. The number of nitrogens with two attached hydrogens (primary N) is 1. The van der Waals surface area contributed by atoms with E-state index in [1.54, 1.807) is 11.8 Å². The average molecular weight is 365 g/mol.